The number of nitrogens with zero attached hydrogens (tertiary/aromatic N) is 2. The fraction of sp³-hybridized carbons (Fsp3) is 0.667. The van der Waals surface area contributed by atoms with Crippen LogP contribution in [0.4, 0.5) is 0 Å². The summed E-state index contributed by atoms with van der Waals surface area (Å²) < 4.78 is 27.8. The molecule has 6 nitrogen and oxygen atoms in total. The standard InChI is InChI=1S/C21H33N3O3S/c1-4-23-12-7-9-18(23)15-22-21(25)20-14-19(11-10-16(20)2)28(26,27)24-13-6-5-8-17(24)3/h10-11,14,17-18H,4-9,12-13,15H2,1-3H3,(H,22,25). The van der Waals surface area contributed by atoms with E-state index in [0.29, 0.717) is 24.7 Å². The van der Waals surface area contributed by atoms with Crippen LogP contribution in [0.15, 0.2) is 23.1 Å². The molecule has 2 heterocycles. The van der Waals surface area contributed by atoms with Crippen molar-refractivity contribution in [3.05, 3.63) is 29.3 Å². The number of amides is 1. The third kappa shape index (κ3) is 4.42. The number of carbonyl (C=O) groups excluding carboxylic acids is 1. The molecule has 7 heteroatoms. The van der Waals surface area contributed by atoms with E-state index in [1.165, 1.54) is 0 Å². The normalized spacial score (nSPS) is 24.4. The monoisotopic (exact) mass is 407 g/mol. The van der Waals surface area contributed by atoms with E-state index < -0.39 is 10.0 Å². The molecule has 1 aromatic carbocycles. The van der Waals surface area contributed by atoms with Crippen molar-refractivity contribution >= 4 is 15.9 Å². The molecule has 2 unspecified atom stereocenters. The lowest BCUT2D eigenvalue weighted by atomic mass is 10.1. The van der Waals surface area contributed by atoms with Crippen LogP contribution in [0.25, 0.3) is 0 Å². The molecule has 0 aromatic heterocycles. The first-order valence-electron chi connectivity index (χ1n) is 10.5. The Morgan fingerprint density at radius 3 is 2.68 bits per heavy atom. The number of hydrogen-bond acceptors (Lipinski definition) is 4. The van der Waals surface area contributed by atoms with Crippen molar-refractivity contribution < 1.29 is 13.2 Å². The van der Waals surface area contributed by atoms with Gasteiger partial charge in [0, 0.05) is 30.7 Å². The Labute approximate surface area is 169 Å². The summed E-state index contributed by atoms with van der Waals surface area (Å²) in [5.41, 5.74) is 1.24. The van der Waals surface area contributed by atoms with Crippen LogP contribution in [-0.4, -0.2) is 61.8 Å². The van der Waals surface area contributed by atoms with E-state index in [1.54, 1.807) is 22.5 Å². The van der Waals surface area contributed by atoms with Crippen molar-refractivity contribution in [1.82, 2.24) is 14.5 Å². The van der Waals surface area contributed by atoms with Gasteiger partial charge in [-0.15, -0.1) is 0 Å². The molecule has 2 fully saturated rings. The van der Waals surface area contributed by atoms with E-state index >= 15 is 0 Å². The van der Waals surface area contributed by atoms with Crippen molar-refractivity contribution in [2.24, 2.45) is 0 Å². The highest BCUT2D eigenvalue weighted by molar-refractivity contribution is 7.89. The van der Waals surface area contributed by atoms with Crippen LogP contribution in [-0.2, 0) is 10.0 Å². The van der Waals surface area contributed by atoms with Gasteiger partial charge in [-0.1, -0.05) is 19.4 Å². The fourth-order valence-corrected chi connectivity index (χ4v) is 6.15. The third-order valence-electron chi connectivity index (χ3n) is 6.21. The molecule has 0 radical (unpaired) electrons. The van der Waals surface area contributed by atoms with Gasteiger partial charge < -0.3 is 5.32 Å². The Hall–Kier alpha value is -1.44. The van der Waals surface area contributed by atoms with E-state index in [2.05, 4.69) is 17.1 Å². The van der Waals surface area contributed by atoms with Crippen molar-refractivity contribution in [2.45, 2.75) is 69.9 Å². The first-order valence-corrected chi connectivity index (χ1v) is 11.9. The van der Waals surface area contributed by atoms with Gasteiger partial charge in [-0.3, -0.25) is 9.69 Å². The molecule has 1 amide bonds. The molecular formula is C21H33N3O3S. The molecule has 2 saturated heterocycles. The van der Waals surface area contributed by atoms with Crippen molar-refractivity contribution in [1.29, 1.82) is 0 Å². The van der Waals surface area contributed by atoms with Crippen molar-refractivity contribution in [3.8, 4) is 0 Å². The second kappa shape index (κ2) is 8.93. The highest BCUT2D eigenvalue weighted by atomic mass is 32.2. The molecule has 1 aromatic rings. The average molecular weight is 408 g/mol. The lowest BCUT2D eigenvalue weighted by molar-refractivity contribution is 0.0940. The van der Waals surface area contributed by atoms with Crippen LogP contribution in [0.1, 0.15) is 61.9 Å². The van der Waals surface area contributed by atoms with Gasteiger partial charge in [-0.05, 0) is 70.3 Å². The Kier molecular flexibility index (Phi) is 6.78. The lowest BCUT2D eigenvalue weighted by Crippen LogP contribution is -2.42. The predicted octanol–water partition coefficient (Wildman–Crippen LogP) is 2.77. The lowest BCUT2D eigenvalue weighted by Gasteiger charge is -2.32. The van der Waals surface area contributed by atoms with Crippen LogP contribution >= 0.6 is 0 Å². The third-order valence-corrected chi connectivity index (χ3v) is 8.22. The van der Waals surface area contributed by atoms with E-state index in [0.717, 1.165) is 50.8 Å². The Morgan fingerprint density at radius 2 is 1.96 bits per heavy atom. The van der Waals surface area contributed by atoms with Gasteiger partial charge in [0.05, 0.1) is 4.90 Å². The molecule has 1 N–H and O–H groups in total. The summed E-state index contributed by atoms with van der Waals surface area (Å²) in [6.07, 6.45) is 5.08. The zero-order chi connectivity index (χ0) is 20.3. The van der Waals surface area contributed by atoms with Gasteiger partial charge in [-0.25, -0.2) is 8.42 Å². The largest absolute Gasteiger partial charge is 0.350 e. The Morgan fingerprint density at radius 1 is 1.18 bits per heavy atom. The minimum absolute atomic E-state index is 0.000256. The molecule has 156 valence electrons. The summed E-state index contributed by atoms with van der Waals surface area (Å²) >= 11 is 0. The van der Waals surface area contributed by atoms with Crippen LogP contribution < -0.4 is 5.32 Å². The number of likely N-dealkylation sites (tertiary alicyclic amines) is 1. The average Bonchev–Trinajstić information content (AvgIpc) is 3.14. The maximum atomic E-state index is 13.1. The van der Waals surface area contributed by atoms with Crippen LogP contribution in [0.5, 0.6) is 0 Å². The van der Waals surface area contributed by atoms with Gasteiger partial charge in [0.2, 0.25) is 10.0 Å². The van der Waals surface area contributed by atoms with Crippen LogP contribution in [0.2, 0.25) is 0 Å². The van der Waals surface area contributed by atoms with E-state index in [1.807, 2.05) is 13.8 Å². The number of piperidine rings is 1. The maximum Gasteiger partial charge on any atom is 0.251 e. The molecular weight excluding hydrogens is 374 g/mol. The van der Waals surface area contributed by atoms with E-state index in [-0.39, 0.29) is 16.8 Å². The SMILES string of the molecule is CCN1CCCC1CNC(=O)c1cc(S(=O)(=O)N2CCCCC2C)ccc1C. The maximum absolute atomic E-state index is 13.1. The van der Waals surface area contributed by atoms with Crippen LogP contribution in [0, 0.1) is 6.92 Å². The van der Waals surface area contributed by atoms with Crippen LogP contribution in [0.3, 0.4) is 0 Å². The zero-order valence-corrected chi connectivity index (χ0v) is 18.1. The van der Waals surface area contributed by atoms with E-state index in [9.17, 15) is 13.2 Å². The Bertz CT molecular complexity index is 809. The molecule has 28 heavy (non-hydrogen) atoms. The number of likely N-dealkylation sites (N-methyl/N-ethyl adjacent to an activating group) is 1. The minimum atomic E-state index is -3.58. The topological polar surface area (TPSA) is 69.7 Å². The predicted molar refractivity (Wildman–Crippen MR) is 111 cm³/mol. The summed E-state index contributed by atoms with van der Waals surface area (Å²) in [6.45, 7) is 9.17. The molecule has 3 rings (SSSR count). The number of carbonyl (C=O) groups is 1. The van der Waals surface area contributed by atoms with E-state index in [4.69, 9.17) is 0 Å². The summed E-state index contributed by atoms with van der Waals surface area (Å²) in [7, 11) is -3.58. The highest BCUT2D eigenvalue weighted by Crippen LogP contribution is 2.26. The summed E-state index contributed by atoms with van der Waals surface area (Å²) in [4.78, 5) is 15.4. The molecule has 2 aliphatic rings. The quantitative estimate of drug-likeness (QED) is 0.787. The van der Waals surface area contributed by atoms with Gasteiger partial charge in [0.15, 0.2) is 0 Å². The number of sulfonamides is 1. The number of aryl methyl sites for hydroxylation is 1. The molecule has 2 atom stereocenters. The second-order valence-corrected chi connectivity index (χ2v) is 9.96. The first kappa shape index (κ1) is 21.3. The second-order valence-electron chi connectivity index (χ2n) is 8.07. The first-order chi connectivity index (χ1) is 13.3. The highest BCUT2D eigenvalue weighted by Gasteiger charge is 2.31. The molecule has 0 saturated carbocycles. The number of nitrogens with one attached hydrogen (secondary N) is 1. The summed E-state index contributed by atoms with van der Waals surface area (Å²) in [6, 6.07) is 5.28. The minimum Gasteiger partial charge on any atom is -0.350 e. The summed E-state index contributed by atoms with van der Waals surface area (Å²) in [5, 5.41) is 3.02. The van der Waals surface area contributed by atoms with Gasteiger partial charge >= 0.3 is 0 Å². The molecule has 0 aliphatic carbocycles. The Balaban J connectivity index is 1.76. The fourth-order valence-electron chi connectivity index (χ4n) is 4.42. The summed E-state index contributed by atoms with van der Waals surface area (Å²) in [5.74, 6) is -0.191. The van der Waals surface area contributed by atoms with Gasteiger partial charge in [0.25, 0.3) is 5.91 Å². The molecule has 0 spiro atoms. The molecule has 0 bridgehead atoms. The number of hydrogen-bond donors (Lipinski definition) is 1. The van der Waals surface area contributed by atoms with Crippen molar-refractivity contribution in [2.75, 3.05) is 26.2 Å². The van der Waals surface area contributed by atoms with Crippen molar-refractivity contribution in [3.63, 3.8) is 0 Å². The number of benzene rings is 1. The van der Waals surface area contributed by atoms with Gasteiger partial charge in [-0.2, -0.15) is 4.31 Å². The zero-order valence-electron chi connectivity index (χ0n) is 17.3. The number of rotatable bonds is 6. The smallest absolute Gasteiger partial charge is 0.251 e. The molecule has 2 aliphatic heterocycles. The van der Waals surface area contributed by atoms with Gasteiger partial charge in [0.1, 0.15) is 0 Å².